The molecule has 0 aromatic heterocycles. The molecular weight excluding hydrogens is 103 g/mol. The van der Waals surface area contributed by atoms with Gasteiger partial charge >= 0.3 is 0 Å². The fourth-order valence-corrected chi connectivity index (χ4v) is 0.539. The van der Waals surface area contributed by atoms with Crippen LogP contribution in [0.3, 0.4) is 0 Å². The van der Waals surface area contributed by atoms with Crippen molar-refractivity contribution in [1.29, 1.82) is 0 Å². The van der Waals surface area contributed by atoms with Gasteiger partial charge in [0.15, 0.2) is 0 Å². The van der Waals surface area contributed by atoms with Crippen LogP contribution in [0.4, 0.5) is 0 Å². The topological polar surface area (TPSA) is 0 Å². The molecule has 0 saturated heterocycles. The van der Waals surface area contributed by atoms with Crippen LogP contribution < -0.4 is 0 Å². The maximum Gasteiger partial charge on any atom is -0.0172 e. The molecule has 1 unspecified atom stereocenters. The summed E-state index contributed by atoms with van der Waals surface area (Å²) in [6.07, 6.45) is 3.00. The van der Waals surface area contributed by atoms with E-state index >= 15 is 0 Å². The molecule has 1 atom stereocenters. The molecule has 0 nitrogen and oxygen atoms in total. The van der Waals surface area contributed by atoms with E-state index in [1.165, 1.54) is 0 Å². The van der Waals surface area contributed by atoms with Crippen molar-refractivity contribution >= 4 is 9.24 Å². The van der Waals surface area contributed by atoms with Crippen molar-refractivity contribution in [3.63, 3.8) is 0 Å². The summed E-state index contributed by atoms with van der Waals surface area (Å²) in [5, 5.41) is 0.349. The molecule has 7 heavy (non-hydrogen) atoms. The molecule has 1 heteroatoms. The van der Waals surface area contributed by atoms with Gasteiger partial charge in [-0.2, -0.15) is 0 Å². The Labute approximate surface area is 48.2 Å². The summed E-state index contributed by atoms with van der Waals surface area (Å²) in [7, 11) is 2.76. The molecule has 0 radical (unpaired) electrons. The van der Waals surface area contributed by atoms with Crippen molar-refractivity contribution in [1.82, 2.24) is 0 Å². The largest absolute Gasteiger partial charge is 0.131 e. The lowest BCUT2D eigenvalue weighted by molar-refractivity contribution is 0.727. The predicted octanol–water partition coefficient (Wildman–Crippen LogP) is 2.22. The van der Waals surface area contributed by atoms with Crippen LogP contribution in [0.15, 0.2) is 12.7 Å². The van der Waals surface area contributed by atoms with Gasteiger partial charge in [0.25, 0.3) is 0 Å². The fourth-order valence-electron chi connectivity index (χ4n) is 0.372. The molecule has 0 rings (SSSR count). The first-order valence-electron chi connectivity index (χ1n) is 2.46. The molecule has 0 heterocycles. The Hall–Kier alpha value is 0.170. The van der Waals surface area contributed by atoms with E-state index in [0.717, 1.165) is 6.42 Å². The molecule has 0 aliphatic heterocycles. The van der Waals surface area contributed by atoms with Gasteiger partial charge in [0.1, 0.15) is 0 Å². The quantitative estimate of drug-likeness (QED) is 0.383. The summed E-state index contributed by atoms with van der Waals surface area (Å²) < 4.78 is 0. The summed E-state index contributed by atoms with van der Waals surface area (Å²) in [4.78, 5) is 0. The van der Waals surface area contributed by atoms with Gasteiger partial charge in [-0.05, 0) is 11.6 Å². The normalized spacial score (nSPS) is 11.3. The average molecular weight is 116 g/mol. The van der Waals surface area contributed by atoms with Gasteiger partial charge in [0.05, 0.1) is 0 Å². The second-order valence-corrected chi connectivity index (χ2v) is 4.04. The zero-order chi connectivity index (χ0) is 5.91. The van der Waals surface area contributed by atoms with E-state index < -0.39 is 0 Å². The summed E-state index contributed by atoms with van der Waals surface area (Å²) >= 11 is 0. The van der Waals surface area contributed by atoms with E-state index in [1.54, 1.807) is 0 Å². The first-order valence-corrected chi connectivity index (χ1v) is 3.04. The van der Waals surface area contributed by atoms with E-state index in [1.807, 2.05) is 6.08 Å². The molecule has 0 aliphatic carbocycles. The second kappa shape index (κ2) is 2.47. The van der Waals surface area contributed by atoms with Crippen LogP contribution in [-0.4, -0.2) is 5.16 Å². The highest BCUT2D eigenvalue weighted by Gasteiger charge is 2.05. The third-order valence-electron chi connectivity index (χ3n) is 0.670. The average Bonchev–Trinajstić information content (AvgIpc) is 1.30. The minimum absolute atomic E-state index is 0.349. The summed E-state index contributed by atoms with van der Waals surface area (Å²) in [5.41, 5.74) is 0. The minimum atomic E-state index is 0.349. The van der Waals surface area contributed by atoms with Crippen LogP contribution in [0, 0.1) is 0 Å². The second-order valence-electron chi connectivity index (χ2n) is 2.48. The van der Waals surface area contributed by atoms with Gasteiger partial charge in [-0.1, -0.05) is 19.9 Å². The van der Waals surface area contributed by atoms with Crippen molar-refractivity contribution in [2.75, 3.05) is 0 Å². The summed E-state index contributed by atoms with van der Waals surface area (Å²) in [6, 6.07) is 0. The summed E-state index contributed by atoms with van der Waals surface area (Å²) in [5.74, 6) is 0. The van der Waals surface area contributed by atoms with Crippen LogP contribution in [0.5, 0.6) is 0 Å². The molecule has 0 amide bonds. The van der Waals surface area contributed by atoms with Gasteiger partial charge < -0.3 is 0 Å². The van der Waals surface area contributed by atoms with Crippen LogP contribution in [0.1, 0.15) is 20.3 Å². The third-order valence-corrected chi connectivity index (χ3v) is 0.906. The Bertz CT molecular complexity index is 59.1. The third kappa shape index (κ3) is 6.17. The maximum atomic E-state index is 3.63. The lowest BCUT2D eigenvalue weighted by Crippen LogP contribution is -2.05. The highest BCUT2D eigenvalue weighted by molar-refractivity contribution is 7.18. The van der Waals surface area contributed by atoms with Gasteiger partial charge in [-0.25, -0.2) is 0 Å². The smallest absolute Gasteiger partial charge is 0.0172 e. The van der Waals surface area contributed by atoms with E-state index in [4.69, 9.17) is 0 Å². The highest BCUT2D eigenvalue weighted by Crippen LogP contribution is 2.20. The van der Waals surface area contributed by atoms with E-state index in [2.05, 4.69) is 29.7 Å². The van der Waals surface area contributed by atoms with Gasteiger partial charge in [-0.15, -0.1) is 15.8 Å². The van der Waals surface area contributed by atoms with Crippen molar-refractivity contribution in [3.05, 3.63) is 12.7 Å². The minimum Gasteiger partial charge on any atom is -0.131 e. The number of hydrogen-bond acceptors (Lipinski definition) is 0. The van der Waals surface area contributed by atoms with Crippen molar-refractivity contribution < 1.29 is 0 Å². The number of allylic oxidation sites excluding steroid dienone is 1. The molecule has 0 saturated carbocycles. The van der Waals surface area contributed by atoms with Crippen molar-refractivity contribution in [2.24, 2.45) is 0 Å². The molecule has 0 aromatic carbocycles. The van der Waals surface area contributed by atoms with Gasteiger partial charge in [0, 0.05) is 0 Å². The summed E-state index contributed by atoms with van der Waals surface area (Å²) in [6.45, 7) is 7.96. The Morgan fingerprint density at radius 1 is 1.71 bits per heavy atom. The maximum absolute atomic E-state index is 3.63. The fraction of sp³-hybridized carbons (Fsp3) is 0.667. The van der Waals surface area contributed by atoms with Crippen molar-refractivity contribution in [3.8, 4) is 0 Å². The number of rotatable bonds is 2. The van der Waals surface area contributed by atoms with Crippen LogP contribution in [-0.2, 0) is 0 Å². The Balaban J connectivity index is 3.34. The Morgan fingerprint density at radius 3 is 2.14 bits per heavy atom. The zero-order valence-electron chi connectivity index (χ0n) is 5.07. The molecule has 0 aromatic rings. The molecule has 0 N–H and O–H groups in total. The zero-order valence-corrected chi connectivity index (χ0v) is 6.22. The number of hydrogen-bond donors (Lipinski definition) is 0. The van der Waals surface area contributed by atoms with Crippen molar-refractivity contribution in [2.45, 2.75) is 25.4 Å². The first-order chi connectivity index (χ1) is 3.06. The Kier molecular flexibility index (Phi) is 2.53. The lowest BCUT2D eigenvalue weighted by atomic mass is 10.1. The highest BCUT2D eigenvalue weighted by atomic mass is 31.0. The predicted molar refractivity (Wildman–Crippen MR) is 38.6 cm³/mol. The van der Waals surface area contributed by atoms with E-state index in [9.17, 15) is 0 Å². The molecule has 0 aliphatic rings. The first kappa shape index (κ1) is 7.17. The lowest BCUT2D eigenvalue weighted by Gasteiger charge is -2.13. The molecule has 0 fully saturated rings. The molecule has 0 bridgehead atoms. The standard InChI is InChI=1S/C6H13P/c1-4-5-6(2,3)7/h4H,1,5,7H2,2-3H3. The Morgan fingerprint density at radius 2 is 2.14 bits per heavy atom. The van der Waals surface area contributed by atoms with Crippen LogP contribution >= 0.6 is 9.24 Å². The van der Waals surface area contributed by atoms with Gasteiger partial charge in [-0.3, -0.25) is 0 Å². The molecular formula is C6H13P. The van der Waals surface area contributed by atoms with E-state index in [-0.39, 0.29) is 0 Å². The SMILES string of the molecule is C=CCC(C)(C)P. The monoisotopic (exact) mass is 116 g/mol. The van der Waals surface area contributed by atoms with E-state index in [0.29, 0.717) is 5.16 Å². The van der Waals surface area contributed by atoms with Crippen LogP contribution in [0.25, 0.3) is 0 Å². The van der Waals surface area contributed by atoms with Gasteiger partial charge in [0.2, 0.25) is 0 Å². The molecule has 42 valence electrons. The molecule has 0 spiro atoms. The van der Waals surface area contributed by atoms with Crippen LogP contribution in [0.2, 0.25) is 0 Å².